The molecule has 0 aliphatic rings. The number of hydrogen-bond donors (Lipinski definition) is 1. The molecule has 0 spiro atoms. The SMILES string of the molecule is C[n+]1ccc(-c2cc[n+](CCCCC(=O)O)cc2)cc1. The first-order valence-electron chi connectivity index (χ1n) is 6.82. The Morgan fingerprint density at radius 1 is 1.00 bits per heavy atom. The van der Waals surface area contributed by atoms with E-state index in [0.29, 0.717) is 0 Å². The topological polar surface area (TPSA) is 45.1 Å². The fraction of sp³-hybridized carbons (Fsp3) is 0.312. The fourth-order valence-corrected chi connectivity index (χ4v) is 2.06. The van der Waals surface area contributed by atoms with E-state index in [-0.39, 0.29) is 6.42 Å². The molecule has 0 amide bonds. The van der Waals surface area contributed by atoms with Gasteiger partial charge in [0, 0.05) is 37.1 Å². The summed E-state index contributed by atoms with van der Waals surface area (Å²) in [7, 11) is 2.00. The second kappa shape index (κ2) is 6.80. The summed E-state index contributed by atoms with van der Waals surface area (Å²) < 4.78 is 4.10. The van der Waals surface area contributed by atoms with Gasteiger partial charge in [0.15, 0.2) is 24.8 Å². The van der Waals surface area contributed by atoms with Gasteiger partial charge in [0.05, 0.1) is 0 Å². The number of carboxylic acids is 1. The van der Waals surface area contributed by atoms with Crippen LogP contribution < -0.4 is 9.13 Å². The van der Waals surface area contributed by atoms with Gasteiger partial charge in [-0.05, 0) is 17.5 Å². The van der Waals surface area contributed by atoms with Crippen LogP contribution in [0.5, 0.6) is 0 Å². The van der Waals surface area contributed by atoms with E-state index in [1.54, 1.807) is 0 Å². The quantitative estimate of drug-likeness (QED) is 0.643. The van der Waals surface area contributed by atoms with Crippen molar-refractivity contribution < 1.29 is 19.0 Å². The van der Waals surface area contributed by atoms with Crippen LogP contribution in [0, 0.1) is 0 Å². The summed E-state index contributed by atoms with van der Waals surface area (Å²) in [6, 6.07) is 8.36. The minimum absolute atomic E-state index is 0.250. The lowest BCUT2D eigenvalue weighted by atomic mass is 10.1. The van der Waals surface area contributed by atoms with E-state index < -0.39 is 5.97 Å². The average Bonchev–Trinajstić information content (AvgIpc) is 2.45. The Morgan fingerprint density at radius 3 is 2.10 bits per heavy atom. The summed E-state index contributed by atoms with van der Waals surface area (Å²) in [5, 5.41) is 8.58. The Kier molecular flexibility index (Phi) is 4.82. The molecule has 0 bridgehead atoms. The maximum atomic E-state index is 10.4. The average molecular weight is 272 g/mol. The molecule has 0 fully saturated rings. The predicted octanol–water partition coefficient (Wildman–Crippen LogP) is 1.72. The number of carbonyl (C=O) groups is 1. The molecule has 0 unspecified atom stereocenters. The third-order valence-electron chi connectivity index (χ3n) is 3.26. The first-order chi connectivity index (χ1) is 9.65. The van der Waals surface area contributed by atoms with Gasteiger partial charge in [-0.25, -0.2) is 9.13 Å². The van der Waals surface area contributed by atoms with Gasteiger partial charge < -0.3 is 5.11 Å². The number of aryl methyl sites for hydroxylation is 2. The summed E-state index contributed by atoms with van der Waals surface area (Å²) in [5.41, 5.74) is 2.38. The molecule has 2 aromatic rings. The predicted molar refractivity (Wildman–Crippen MR) is 74.7 cm³/mol. The second-order valence-electron chi connectivity index (χ2n) is 4.93. The van der Waals surface area contributed by atoms with Gasteiger partial charge >= 0.3 is 5.97 Å². The number of rotatable bonds is 6. The van der Waals surface area contributed by atoms with E-state index in [9.17, 15) is 4.79 Å². The highest BCUT2D eigenvalue weighted by atomic mass is 16.4. The number of pyridine rings is 2. The molecule has 20 heavy (non-hydrogen) atoms. The number of unbranched alkanes of at least 4 members (excludes halogenated alkanes) is 1. The second-order valence-corrected chi connectivity index (χ2v) is 4.93. The van der Waals surface area contributed by atoms with Crippen LogP contribution in [-0.2, 0) is 18.4 Å². The van der Waals surface area contributed by atoms with Crippen molar-refractivity contribution in [1.29, 1.82) is 0 Å². The van der Waals surface area contributed by atoms with Crippen LogP contribution in [0.15, 0.2) is 49.1 Å². The van der Waals surface area contributed by atoms with E-state index in [4.69, 9.17) is 5.11 Å². The molecule has 0 radical (unpaired) electrons. The Morgan fingerprint density at radius 2 is 1.55 bits per heavy atom. The van der Waals surface area contributed by atoms with Crippen molar-refractivity contribution in [2.24, 2.45) is 7.05 Å². The fourth-order valence-electron chi connectivity index (χ4n) is 2.06. The Balaban J connectivity index is 1.92. The summed E-state index contributed by atoms with van der Waals surface area (Å²) in [4.78, 5) is 10.4. The molecule has 4 nitrogen and oxygen atoms in total. The van der Waals surface area contributed by atoms with Crippen molar-refractivity contribution in [2.45, 2.75) is 25.8 Å². The lowest BCUT2D eigenvalue weighted by Gasteiger charge is -2.00. The van der Waals surface area contributed by atoms with E-state index in [0.717, 1.165) is 19.4 Å². The molecule has 2 rings (SSSR count). The zero-order valence-electron chi connectivity index (χ0n) is 11.7. The molecular weight excluding hydrogens is 252 g/mol. The first-order valence-corrected chi connectivity index (χ1v) is 6.82. The maximum Gasteiger partial charge on any atom is 0.303 e. The molecule has 2 aromatic heterocycles. The molecule has 2 heterocycles. The van der Waals surface area contributed by atoms with E-state index in [1.807, 2.05) is 36.4 Å². The number of carboxylic acid groups (broad SMARTS) is 1. The molecule has 0 saturated carbocycles. The molecule has 0 aliphatic heterocycles. The van der Waals surface area contributed by atoms with Crippen molar-refractivity contribution in [1.82, 2.24) is 0 Å². The number of aromatic nitrogens is 2. The Bertz CT molecular complexity index is 562. The summed E-state index contributed by atoms with van der Waals surface area (Å²) in [6.45, 7) is 0.858. The summed E-state index contributed by atoms with van der Waals surface area (Å²) in [6.07, 6.45) is 10.0. The van der Waals surface area contributed by atoms with Gasteiger partial charge in [0.1, 0.15) is 13.6 Å². The van der Waals surface area contributed by atoms with Crippen LogP contribution in [0.3, 0.4) is 0 Å². The van der Waals surface area contributed by atoms with Crippen LogP contribution in [0.1, 0.15) is 19.3 Å². The van der Waals surface area contributed by atoms with Gasteiger partial charge in [-0.2, -0.15) is 0 Å². The van der Waals surface area contributed by atoms with Crippen molar-refractivity contribution in [3.63, 3.8) is 0 Å². The van der Waals surface area contributed by atoms with Crippen molar-refractivity contribution >= 4 is 5.97 Å². The minimum Gasteiger partial charge on any atom is -0.481 e. The zero-order chi connectivity index (χ0) is 14.4. The molecule has 0 aromatic carbocycles. The smallest absolute Gasteiger partial charge is 0.303 e. The first kappa shape index (κ1) is 14.2. The van der Waals surface area contributed by atoms with Gasteiger partial charge in [-0.1, -0.05) is 0 Å². The van der Waals surface area contributed by atoms with Gasteiger partial charge in [0.25, 0.3) is 0 Å². The highest BCUT2D eigenvalue weighted by Crippen LogP contribution is 2.15. The van der Waals surface area contributed by atoms with Crippen molar-refractivity contribution in [3.8, 4) is 11.1 Å². The molecular formula is C16H20N2O2+2. The standard InChI is InChI=1S/C16H19N2O2/c1-17-10-5-14(6-11-17)15-7-12-18(13-8-15)9-3-2-4-16(19)20/h5-8,10-13H,2-4,9H2,1H3/q+1/p+1. The van der Waals surface area contributed by atoms with Crippen molar-refractivity contribution in [2.75, 3.05) is 0 Å². The highest BCUT2D eigenvalue weighted by molar-refractivity contribution is 5.66. The zero-order valence-corrected chi connectivity index (χ0v) is 11.7. The maximum absolute atomic E-state index is 10.4. The lowest BCUT2D eigenvalue weighted by Crippen LogP contribution is -2.32. The van der Waals surface area contributed by atoms with Crippen LogP contribution in [0.2, 0.25) is 0 Å². The van der Waals surface area contributed by atoms with Crippen LogP contribution in [0.25, 0.3) is 11.1 Å². The van der Waals surface area contributed by atoms with E-state index in [2.05, 4.69) is 28.8 Å². The van der Waals surface area contributed by atoms with Gasteiger partial charge in [0.2, 0.25) is 0 Å². The third kappa shape index (κ3) is 4.16. The molecule has 0 aliphatic carbocycles. The van der Waals surface area contributed by atoms with Crippen LogP contribution in [0.4, 0.5) is 0 Å². The number of aliphatic carboxylic acids is 1. The molecule has 4 heteroatoms. The van der Waals surface area contributed by atoms with Gasteiger partial charge in [-0.3, -0.25) is 4.79 Å². The molecule has 104 valence electrons. The Labute approximate surface area is 118 Å². The molecule has 0 saturated heterocycles. The monoisotopic (exact) mass is 272 g/mol. The lowest BCUT2D eigenvalue weighted by molar-refractivity contribution is -0.697. The summed E-state index contributed by atoms with van der Waals surface area (Å²) >= 11 is 0. The molecule has 1 N–H and O–H groups in total. The van der Waals surface area contributed by atoms with E-state index in [1.165, 1.54) is 11.1 Å². The van der Waals surface area contributed by atoms with Gasteiger partial charge in [-0.15, -0.1) is 0 Å². The largest absolute Gasteiger partial charge is 0.481 e. The highest BCUT2D eigenvalue weighted by Gasteiger charge is 2.05. The number of hydrogen-bond acceptors (Lipinski definition) is 1. The summed E-state index contributed by atoms with van der Waals surface area (Å²) in [5.74, 6) is -0.720. The minimum atomic E-state index is -0.720. The van der Waals surface area contributed by atoms with E-state index >= 15 is 0 Å². The van der Waals surface area contributed by atoms with Crippen LogP contribution >= 0.6 is 0 Å². The molecule has 0 atom stereocenters. The number of nitrogens with zero attached hydrogens (tertiary/aromatic N) is 2. The van der Waals surface area contributed by atoms with Crippen molar-refractivity contribution in [3.05, 3.63) is 49.1 Å². The third-order valence-corrected chi connectivity index (χ3v) is 3.26. The van der Waals surface area contributed by atoms with Crippen LogP contribution in [-0.4, -0.2) is 11.1 Å². The normalized spacial score (nSPS) is 10.4. The Hall–Kier alpha value is -2.23.